The van der Waals surface area contributed by atoms with Crippen LogP contribution in [0.5, 0.6) is 0 Å². The number of anilines is 1. The first-order valence-corrected chi connectivity index (χ1v) is 9.94. The molecule has 2 fully saturated rings. The number of halogens is 1. The lowest BCUT2D eigenvalue weighted by Gasteiger charge is -2.19. The number of amides is 1. The number of thiophene rings is 1. The first-order chi connectivity index (χ1) is 12.2. The van der Waals surface area contributed by atoms with Gasteiger partial charge in [0.05, 0.1) is 11.6 Å². The predicted molar refractivity (Wildman–Crippen MR) is 95.7 cm³/mol. The van der Waals surface area contributed by atoms with E-state index in [0.717, 1.165) is 42.9 Å². The minimum absolute atomic E-state index is 0.0682. The Balaban J connectivity index is 1.42. The summed E-state index contributed by atoms with van der Waals surface area (Å²) in [6.07, 6.45) is 4.68. The normalized spacial score (nSPS) is 28.6. The van der Waals surface area contributed by atoms with Crippen molar-refractivity contribution in [1.29, 1.82) is 5.26 Å². The molecule has 0 aromatic carbocycles. The highest BCUT2D eigenvalue weighted by Crippen LogP contribution is 2.40. The van der Waals surface area contributed by atoms with Crippen LogP contribution in [0.2, 0.25) is 0 Å². The lowest BCUT2D eigenvalue weighted by Crippen LogP contribution is -2.46. The summed E-state index contributed by atoms with van der Waals surface area (Å²) < 4.78 is 13.2. The molecule has 134 valence electrons. The van der Waals surface area contributed by atoms with E-state index >= 15 is 0 Å². The smallest absolute Gasteiger partial charge is 0.237 e. The zero-order valence-corrected chi connectivity index (χ0v) is 15.0. The van der Waals surface area contributed by atoms with Crippen molar-refractivity contribution in [3.05, 3.63) is 16.0 Å². The maximum absolute atomic E-state index is 13.2. The fourth-order valence-electron chi connectivity index (χ4n) is 4.15. The second-order valence-electron chi connectivity index (χ2n) is 7.24. The van der Waals surface area contributed by atoms with Gasteiger partial charge in [-0.05, 0) is 37.7 Å². The van der Waals surface area contributed by atoms with Crippen LogP contribution in [0.25, 0.3) is 0 Å². The molecule has 1 aliphatic carbocycles. The molecule has 0 spiro atoms. The van der Waals surface area contributed by atoms with Gasteiger partial charge in [0.25, 0.3) is 0 Å². The number of nitriles is 1. The summed E-state index contributed by atoms with van der Waals surface area (Å²) in [7, 11) is 0. The van der Waals surface area contributed by atoms with Gasteiger partial charge in [-0.1, -0.05) is 0 Å². The van der Waals surface area contributed by atoms with Gasteiger partial charge >= 0.3 is 0 Å². The summed E-state index contributed by atoms with van der Waals surface area (Å²) in [5.41, 5.74) is 2.11. The predicted octanol–water partition coefficient (Wildman–Crippen LogP) is 1.89. The van der Waals surface area contributed by atoms with Crippen molar-refractivity contribution < 1.29 is 9.18 Å². The van der Waals surface area contributed by atoms with Gasteiger partial charge in [-0.15, -0.1) is 11.3 Å². The first kappa shape index (κ1) is 16.8. The average molecular weight is 362 g/mol. The monoisotopic (exact) mass is 362 g/mol. The van der Waals surface area contributed by atoms with E-state index in [4.69, 9.17) is 0 Å². The second-order valence-corrected chi connectivity index (χ2v) is 8.32. The maximum atomic E-state index is 13.2. The van der Waals surface area contributed by atoms with E-state index in [1.54, 1.807) is 11.3 Å². The zero-order valence-electron chi connectivity index (χ0n) is 14.2. The summed E-state index contributed by atoms with van der Waals surface area (Å²) in [6.45, 7) is 1.84. The molecule has 0 saturated carbocycles. The molecule has 1 amide bonds. The number of hydrogen-bond donors (Lipinski definition) is 2. The Morgan fingerprint density at radius 3 is 3.00 bits per heavy atom. The quantitative estimate of drug-likeness (QED) is 0.862. The number of carbonyl (C=O) groups excluding carboxylic acids is 1. The van der Waals surface area contributed by atoms with Crippen molar-refractivity contribution in [2.45, 2.75) is 56.8 Å². The molecule has 1 aromatic heterocycles. The molecule has 1 aromatic rings. The van der Waals surface area contributed by atoms with Crippen LogP contribution in [0, 0.1) is 11.3 Å². The maximum Gasteiger partial charge on any atom is 0.237 e. The van der Waals surface area contributed by atoms with Crippen LogP contribution in [0.4, 0.5) is 9.39 Å². The van der Waals surface area contributed by atoms with Crippen molar-refractivity contribution in [1.82, 2.24) is 10.6 Å². The lowest BCUT2D eigenvalue weighted by molar-refractivity contribution is -0.123. The summed E-state index contributed by atoms with van der Waals surface area (Å²) in [4.78, 5) is 15.9. The van der Waals surface area contributed by atoms with Crippen LogP contribution in [0.1, 0.15) is 41.7 Å². The SMILES string of the molecule is N#Cc1c(N2CCC(NC(=O)C3CC(F)CN3)C2)sc2c1CCCC2. The standard InChI is InChI=1S/C18H23FN4OS/c19-11-7-15(21-9-11)17(24)22-12-5-6-23(10-12)18-14(8-20)13-3-1-2-4-16(13)25-18/h11-12,15,21H,1-7,9-10H2,(H,22,24). The topological polar surface area (TPSA) is 68.2 Å². The number of nitrogens with one attached hydrogen (secondary N) is 2. The number of carbonyl (C=O) groups is 1. The van der Waals surface area contributed by atoms with Crippen molar-refractivity contribution >= 4 is 22.2 Å². The largest absolute Gasteiger partial charge is 0.360 e. The van der Waals surface area contributed by atoms with E-state index in [9.17, 15) is 14.4 Å². The van der Waals surface area contributed by atoms with Crippen molar-refractivity contribution in [2.24, 2.45) is 0 Å². The highest BCUT2D eigenvalue weighted by atomic mass is 32.1. The van der Waals surface area contributed by atoms with E-state index in [2.05, 4.69) is 21.6 Å². The van der Waals surface area contributed by atoms with Gasteiger partial charge in [0.2, 0.25) is 5.91 Å². The zero-order chi connectivity index (χ0) is 17.4. The van der Waals surface area contributed by atoms with Gasteiger partial charge in [-0.2, -0.15) is 5.26 Å². The van der Waals surface area contributed by atoms with Crippen molar-refractivity contribution in [3.8, 4) is 6.07 Å². The number of nitrogens with zero attached hydrogens (tertiary/aromatic N) is 2. The summed E-state index contributed by atoms with van der Waals surface area (Å²) in [5, 5.41) is 16.7. The first-order valence-electron chi connectivity index (χ1n) is 9.13. The third kappa shape index (κ3) is 3.25. The molecule has 5 nitrogen and oxygen atoms in total. The van der Waals surface area contributed by atoms with E-state index in [-0.39, 0.29) is 24.9 Å². The molecule has 3 heterocycles. The second kappa shape index (κ2) is 6.93. The Kier molecular flexibility index (Phi) is 4.65. The molecular weight excluding hydrogens is 339 g/mol. The fraction of sp³-hybridized carbons (Fsp3) is 0.667. The number of hydrogen-bond acceptors (Lipinski definition) is 5. The van der Waals surface area contributed by atoms with Gasteiger partial charge < -0.3 is 15.5 Å². The third-order valence-corrected chi connectivity index (χ3v) is 6.83. The number of rotatable bonds is 3. The minimum Gasteiger partial charge on any atom is -0.360 e. The highest BCUT2D eigenvalue weighted by Gasteiger charge is 2.33. The Labute approximate surface area is 151 Å². The molecular formula is C18H23FN4OS. The minimum atomic E-state index is -0.925. The van der Waals surface area contributed by atoms with Crippen LogP contribution in [-0.4, -0.2) is 43.8 Å². The number of fused-ring (bicyclic) bond motifs is 1. The Bertz CT molecular complexity index is 713. The molecule has 0 radical (unpaired) electrons. The molecule has 3 unspecified atom stereocenters. The van der Waals surface area contributed by atoms with Crippen LogP contribution >= 0.6 is 11.3 Å². The number of aryl methyl sites for hydroxylation is 1. The van der Waals surface area contributed by atoms with Crippen LogP contribution in [0.3, 0.4) is 0 Å². The molecule has 2 aliphatic heterocycles. The van der Waals surface area contributed by atoms with E-state index in [0.29, 0.717) is 0 Å². The van der Waals surface area contributed by atoms with Crippen LogP contribution < -0.4 is 15.5 Å². The van der Waals surface area contributed by atoms with Gasteiger partial charge in [-0.3, -0.25) is 4.79 Å². The van der Waals surface area contributed by atoms with Gasteiger partial charge in [0, 0.05) is 37.0 Å². The molecule has 2 N–H and O–H groups in total. The molecule has 3 aliphatic rings. The van der Waals surface area contributed by atoms with E-state index in [1.807, 2.05) is 0 Å². The van der Waals surface area contributed by atoms with Crippen LogP contribution in [-0.2, 0) is 17.6 Å². The molecule has 4 rings (SSSR count). The Morgan fingerprint density at radius 1 is 1.40 bits per heavy atom. The lowest BCUT2D eigenvalue weighted by atomic mass is 9.96. The molecule has 0 bridgehead atoms. The van der Waals surface area contributed by atoms with E-state index in [1.165, 1.54) is 23.3 Å². The van der Waals surface area contributed by atoms with Crippen molar-refractivity contribution in [2.75, 3.05) is 24.5 Å². The van der Waals surface area contributed by atoms with Crippen molar-refractivity contribution in [3.63, 3.8) is 0 Å². The fourth-order valence-corrected chi connectivity index (χ4v) is 5.52. The van der Waals surface area contributed by atoms with Gasteiger partial charge in [0.15, 0.2) is 0 Å². The Morgan fingerprint density at radius 2 is 2.24 bits per heavy atom. The molecule has 7 heteroatoms. The average Bonchev–Trinajstić information content (AvgIpc) is 3.32. The summed E-state index contributed by atoms with van der Waals surface area (Å²) >= 11 is 1.76. The summed E-state index contributed by atoms with van der Waals surface area (Å²) in [5.74, 6) is -0.0991. The van der Waals surface area contributed by atoms with Gasteiger partial charge in [-0.25, -0.2) is 4.39 Å². The van der Waals surface area contributed by atoms with Gasteiger partial charge in [0.1, 0.15) is 17.2 Å². The van der Waals surface area contributed by atoms with Crippen LogP contribution in [0.15, 0.2) is 0 Å². The molecule has 3 atom stereocenters. The van der Waals surface area contributed by atoms with E-state index < -0.39 is 12.2 Å². The number of alkyl halides is 1. The molecule has 25 heavy (non-hydrogen) atoms. The Hall–Kier alpha value is -1.65. The highest BCUT2D eigenvalue weighted by molar-refractivity contribution is 7.16. The molecule has 2 saturated heterocycles. The third-order valence-electron chi connectivity index (χ3n) is 5.48. The summed E-state index contributed by atoms with van der Waals surface area (Å²) in [6, 6.07) is 2.07.